The van der Waals surface area contributed by atoms with E-state index in [9.17, 15) is 4.79 Å². The first-order valence-corrected chi connectivity index (χ1v) is 7.47. The number of hydrogen-bond donors (Lipinski definition) is 2. The highest BCUT2D eigenvalue weighted by molar-refractivity contribution is 7.13. The summed E-state index contributed by atoms with van der Waals surface area (Å²) in [6, 6.07) is 0.572. The van der Waals surface area contributed by atoms with Gasteiger partial charge in [0.25, 0.3) is 0 Å². The Kier molecular flexibility index (Phi) is 6.80. The summed E-state index contributed by atoms with van der Waals surface area (Å²) in [4.78, 5) is 17.1. The highest BCUT2D eigenvalue weighted by atomic mass is 32.1. The van der Waals surface area contributed by atoms with E-state index < -0.39 is 5.97 Å². The Morgan fingerprint density at radius 1 is 1.58 bits per heavy atom. The molecule has 108 valence electrons. The average molecular weight is 285 g/mol. The lowest BCUT2D eigenvalue weighted by atomic mass is 10.2. The molecule has 2 N–H and O–H groups in total. The van der Waals surface area contributed by atoms with Gasteiger partial charge in [-0.2, -0.15) is 0 Å². The first kappa shape index (κ1) is 15.9. The minimum atomic E-state index is -0.778. The summed E-state index contributed by atoms with van der Waals surface area (Å²) in [6.45, 7) is 6.32. The monoisotopic (exact) mass is 285 g/mol. The van der Waals surface area contributed by atoms with Crippen LogP contribution in [0.2, 0.25) is 0 Å². The molecule has 0 spiro atoms. The van der Waals surface area contributed by atoms with Gasteiger partial charge in [-0.15, -0.1) is 11.3 Å². The molecule has 0 aliphatic carbocycles. The fourth-order valence-electron chi connectivity index (χ4n) is 1.52. The van der Waals surface area contributed by atoms with Gasteiger partial charge in [0.1, 0.15) is 0 Å². The molecule has 0 aromatic carbocycles. The highest BCUT2D eigenvalue weighted by Gasteiger charge is 2.05. The predicted octanol–water partition coefficient (Wildman–Crippen LogP) is 2.30. The number of anilines is 1. The molecule has 0 amide bonds. The van der Waals surface area contributed by atoms with Gasteiger partial charge >= 0.3 is 5.97 Å². The summed E-state index contributed by atoms with van der Waals surface area (Å²) in [5.41, 5.74) is 0.856. The molecule has 0 radical (unpaired) electrons. The van der Waals surface area contributed by atoms with Gasteiger partial charge in [0.2, 0.25) is 0 Å². The second-order valence-electron chi connectivity index (χ2n) is 4.89. The molecule has 1 heterocycles. The molecule has 5 nitrogen and oxygen atoms in total. The molecule has 0 aliphatic rings. The maximum atomic E-state index is 10.5. The summed E-state index contributed by atoms with van der Waals surface area (Å²) < 4.78 is 0. The molecule has 1 rings (SSSR count). The minimum Gasteiger partial charge on any atom is -0.481 e. The van der Waals surface area contributed by atoms with E-state index in [1.54, 1.807) is 0 Å². The van der Waals surface area contributed by atoms with Crippen molar-refractivity contribution in [1.29, 1.82) is 0 Å². The largest absolute Gasteiger partial charge is 0.481 e. The van der Waals surface area contributed by atoms with Crippen LogP contribution in [0.4, 0.5) is 5.13 Å². The number of rotatable bonds is 9. The number of aryl methyl sites for hydroxylation is 1. The Bertz CT molecular complexity index is 393. The third-order valence-electron chi connectivity index (χ3n) is 2.99. The number of nitrogens with zero attached hydrogens (tertiary/aromatic N) is 2. The van der Waals surface area contributed by atoms with E-state index in [-0.39, 0.29) is 6.42 Å². The Morgan fingerprint density at radius 3 is 2.95 bits per heavy atom. The average Bonchev–Trinajstić information content (AvgIpc) is 2.79. The molecule has 6 heteroatoms. The molecular formula is C13H23N3O2S. The summed E-state index contributed by atoms with van der Waals surface area (Å²) in [6.07, 6.45) is 1.71. The molecule has 0 aliphatic heterocycles. The zero-order valence-corrected chi connectivity index (χ0v) is 12.7. The molecule has 19 heavy (non-hydrogen) atoms. The quantitative estimate of drug-likeness (QED) is 0.682. The first-order chi connectivity index (χ1) is 8.99. The van der Waals surface area contributed by atoms with Gasteiger partial charge in [0, 0.05) is 24.4 Å². The van der Waals surface area contributed by atoms with Crippen LogP contribution in [0.25, 0.3) is 0 Å². The van der Waals surface area contributed by atoms with Crippen molar-refractivity contribution in [3.63, 3.8) is 0 Å². The van der Waals surface area contributed by atoms with Gasteiger partial charge in [-0.25, -0.2) is 4.98 Å². The topological polar surface area (TPSA) is 65.5 Å². The van der Waals surface area contributed by atoms with Crippen molar-refractivity contribution in [2.24, 2.45) is 0 Å². The van der Waals surface area contributed by atoms with E-state index in [1.165, 1.54) is 11.3 Å². The van der Waals surface area contributed by atoms with Crippen LogP contribution in [-0.4, -0.2) is 47.1 Å². The predicted molar refractivity (Wildman–Crippen MR) is 78.9 cm³/mol. The van der Waals surface area contributed by atoms with E-state index in [2.05, 4.69) is 36.1 Å². The number of carboxylic acid groups (broad SMARTS) is 1. The van der Waals surface area contributed by atoms with Crippen LogP contribution in [0.15, 0.2) is 5.38 Å². The highest BCUT2D eigenvalue weighted by Crippen LogP contribution is 2.16. The number of aromatic nitrogens is 1. The summed E-state index contributed by atoms with van der Waals surface area (Å²) >= 11 is 1.54. The summed E-state index contributed by atoms with van der Waals surface area (Å²) in [5.74, 6) is -0.778. The van der Waals surface area contributed by atoms with Crippen LogP contribution in [0.5, 0.6) is 0 Å². The van der Waals surface area contributed by atoms with E-state index >= 15 is 0 Å². The lowest BCUT2D eigenvalue weighted by Gasteiger charge is -2.20. The molecule has 1 aromatic heterocycles. The number of nitrogens with one attached hydrogen (secondary N) is 1. The van der Waals surface area contributed by atoms with E-state index in [0.29, 0.717) is 12.5 Å². The zero-order chi connectivity index (χ0) is 14.3. The maximum Gasteiger partial charge on any atom is 0.303 e. The smallest absolute Gasteiger partial charge is 0.303 e. The Hall–Kier alpha value is -1.14. The normalized spacial score (nSPS) is 11.2. The van der Waals surface area contributed by atoms with Gasteiger partial charge in [-0.3, -0.25) is 4.79 Å². The van der Waals surface area contributed by atoms with Crippen molar-refractivity contribution in [1.82, 2.24) is 9.88 Å². The molecule has 0 atom stereocenters. The van der Waals surface area contributed by atoms with Crippen LogP contribution < -0.4 is 5.32 Å². The van der Waals surface area contributed by atoms with Gasteiger partial charge < -0.3 is 15.3 Å². The second kappa shape index (κ2) is 8.12. The van der Waals surface area contributed by atoms with Crippen molar-refractivity contribution in [2.45, 2.75) is 39.2 Å². The van der Waals surface area contributed by atoms with Gasteiger partial charge in [-0.05, 0) is 33.9 Å². The Balaban J connectivity index is 2.21. The minimum absolute atomic E-state index is 0.141. The fourth-order valence-corrected chi connectivity index (χ4v) is 2.29. The Labute approximate surface area is 118 Å². The third-order valence-corrected chi connectivity index (χ3v) is 3.84. The maximum absolute atomic E-state index is 10.5. The molecule has 0 saturated heterocycles. The number of aliphatic carboxylic acids is 1. The SMILES string of the molecule is CC(C)N(C)CCCNc1nc(CCC(=O)O)cs1. The van der Waals surface area contributed by atoms with Crippen LogP contribution in [0, 0.1) is 0 Å². The van der Waals surface area contributed by atoms with Crippen LogP contribution >= 0.6 is 11.3 Å². The molecule has 1 aromatic rings. The van der Waals surface area contributed by atoms with E-state index in [4.69, 9.17) is 5.11 Å². The fraction of sp³-hybridized carbons (Fsp3) is 0.692. The number of carbonyl (C=O) groups is 1. The van der Waals surface area contributed by atoms with Crippen LogP contribution in [0.1, 0.15) is 32.4 Å². The first-order valence-electron chi connectivity index (χ1n) is 6.59. The standard InChI is InChI=1S/C13H23N3O2S/c1-10(2)16(3)8-4-7-14-13-15-11(9-19-13)5-6-12(17)18/h9-10H,4-8H2,1-3H3,(H,14,15)(H,17,18). The van der Waals surface area contributed by atoms with Crippen molar-refractivity contribution in [2.75, 3.05) is 25.5 Å². The van der Waals surface area contributed by atoms with Gasteiger partial charge in [-0.1, -0.05) is 0 Å². The van der Waals surface area contributed by atoms with E-state index in [1.807, 2.05) is 5.38 Å². The number of hydrogen-bond acceptors (Lipinski definition) is 5. The Morgan fingerprint density at radius 2 is 2.32 bits per heavy atom. The van der Waals surface area contributed by atoms with Gasteiger partial charge in [0.05, 0.1) is 12.1 Å². The van der Waals surface area contributed by atoms with Crippen molar-refractivity contribution < 1.29 is 9.90 Å². The summed E-state index contributed by atoms with van der Waals surface area (Å²) in [5, 5.41) is 14.7. The lowest BCUT2D eigenvalue weighted by molar-refractivity contribution is -0.136. The molecule has 0 unspecified atom stereocenters. The lowest BCUT2D eigenvalue weighted by Crippen LogP contribution is -2.28. The second-order valence-corrected chi connectivity index (χ2v) is 5.75. The molecule has 0 fully saturated rings. The van der Waals surface area contributed by atoms with Gasteiger partial charge in [0.15, 0.2) is 5.13 Å². The van der Waals surface area contributed by atoms with Crippen LogP contribution in [0.3, 0.4) is 0 Å². The molecule has 0 bridgehead atoms. The zero-order valence-electron chi connectivity index (χ0n) is 11.8. The number of carboxylic acids is 1. The summed E-state index contributed by atoms with van der Waals surface area (Å²) in [7, 11) is 2.12. The third kappa shape index (κ3) is 6.54. The molecule has 0 saturated carbocycles. The van der Waals surface area contributed by atoms with E-state index in [0.717, 1.165) is 30.3 Å². The van der Waals surface area contributed by atoms with Crippen molar-refractivity contribution >= 4 is 22.4 Å². The molecular weight excluding hydrogens is 262 g/mol. The number of thiazole rings is 1. The van der Waals surface area contributed by atoms with Crippen LogP contribution in [-0.2, 0) is 11.2 Å². The van der Waals surface area contributed by atoms with Crippen molar-refractivity contribution in [3.05, 3.63) is 11.1 Å². The van der Waals surface area contributed by atoms with Crippen molar-refractivity contribution in [3.8, 4) is 0 Å².